The molecule has 1 aromatic rings. The molecule has 1 aromatic heterocycles. The molecule has 7 nitrogen and oxygen atoms in total. The van der Waals surface area contributed by atoms with Gasteiger partial charge < -0.3 is 5.32 Å². The van der Waals surface area contributed by atoms with Gasteiger partial charge >= 0.3 is 0 Å². The fraction of sp³-hybridized carbons (Fsp3) is 0.769. The van der Waals surface area contributed by atoms with E-state index in [1.807, 2.05) is 6.92 Å². The molecular weight excluding hydrogens is 324 g/mol. The van der Waals surface area contributed by atoms with Crippen molar-refractivity contribution in [1.29, 1.82) is 0 Å². The summed E-state index contributed by atoms with van der Waals surface area (Å²) < 4.78 is 26.5. The maximum atomic E-state index is 12.5. The number of hydrogen-bond acceptors (Lipinski definition) is 6. The quantitative estimate of drug-likeness (QED) is 0.845. The van der Waals surface area contributed by atoms with E-state index in [0.29, 0.717) is 19.0 Å². The summed E-state index contributed by atoms with van der Waals surface area (Å²) in [6, 6.07) is 0. The van der Waals surface area contributed by atoms with Crippen LogP contribution in [0.2, 0.25) is 0 Å². The van der Waals surface area contributed by atoms with E-state index in [0.717, 1.165) is 24.2 Å². The van der Waals surface area contributed by atoms with Crippen LogP contribution in [-0.2, 0) is 14.8 Å². The molecule has 9 heteroatoms. The van der Waals surface area contributed by atoms with E-state index >= 15 is 0 Å². The number of rotatable bonds is 3. The molecule has 0 aromatic carbocycles. The zero-order valence-electron chi connectivity index (χ0n) is 13.3. The minimum atomic E-state index is -3.62. The first-order chi connectivity index (χ1) is 10.1. The van der Waals surface area contributed by atoms with Crippen molar-refractivity contribution in [3.05, 3.63) is 0 Å². The van der Waals surface area contributed by atoms with Gasteiger partial charge in [0.2, 0.25) is 15.4 Å². The summed E-state index contributed by atoms with van der Waals surface area (Å²) in [5.74, 6) is 0.121. The highest BCUT2D eigenvalue weighted by molar-refractivity contribution is 7.91. The number of nitrogens with zero attached hydrogens (tertiary/aromatic N) is 3. The highest BCUT2D eigenvalue weighted by atomic mass is 32.2. The average molecular weight is 346 g/mol. The molecule has 0 saturated carbocycles. The molecule has 1 atom stereocenters. The Labute approximate surface area is 135 Å². The summed E-state index contributed by atoms with van der Waals surface area (Å²) in [5.41, 5.74) is -0.576. The van der Waals surface area contributed by atoms with Crippen LogP contribution in [0, 0.1) is 11.3 Å². The van der Waals surface area contributed by atoms with E-state index < -0.39 is 15.4 Å². The van der Waals surface area contributed by atoms with Gasteiger partial charge in [0, 0.05) is 18.5 Å². The van der Waals surface area contributed by atoms with Gasteiger partial charge in [0.1, 0.15) is 0 Å². The van der Waals surface area contributed by atoms with Crippen LogP contribution in [0.25, 0.3) is 0 Å². The lowest BCUT2D eigenvalue weighted by atomic mass is 9.96. The molecule has 2 heterocycles. The molecule has 22 heavy (non-hydrogen) atoms. The van der Waals surface area contributed by atoms with Gasteiger partial charge in [0.05, 0.1) is 0 Å². The summed E-state index contributed by atoms with van der Waals surface area (Å²) in [6.45, 7) is 8.38. The van der Waals surface area contributed by atoms with E-state index in [9.17, 15) is 13.2 Å². The molecule has 1 saturated heterocycles. The number of aromatic nitrogens is 2. The van der Waals surface area contributed by atoms with Crippen LogP contribution < -0.4 is 5.32 Å². The van der Waals surface area contributed by atoms with E-state index in [-0.39, 0.29) is 15.4 Å². The third-order valence-electron chi connectivity index (χ3n) is 3.49. The Kier molecular flexibility index (Phi) is 4.88. The summed E-state index contributed by atoms with van der Waals surface area (Å²) in [7, 11) is -3.62. The normalized spacial score (nSPS) is 20.8. The topological polar surface area (TPSA) is 92.3 Å². The molecule has 1 fully saturated rings. The van der Waals surface area contributed by atoms with Gasteiger partial charge in [-0.1, -0.05) is 39.0 Å². The van der Waals surface area contributed by atoms with Crippen molar-refractivity contribution in [3.8, 4) is 0 Å². The van der Waals surface area contributed by atoms with E-state index in [2.05, 4.69) is 15.5 Å². The lowest BCUT2D eigenvalue weighted by molar-refractivity contribution is -0.123. The largest absolute Gasteiger partial charge is 0.300 e. The molecule has 124 valence electrons. The maximum absolute atomic E-state index is 12.5. The minimum absolute atomic E-state index is 0.0641. The number of carbonyl (C=O) groups is 1. The van der Waals surface area contributed by atoms with Gasteiger partial charge in [0.25, 0.3) is 10.0 Å². The summed E-state index contributed by atoms with van der Waals surface area (Å²) >= 11 is 0.895. The lowest BCUT2D eigenvalue weighted by Crippen LogP contribution is -2.39. The van der Waals surface area contributed by atoms with Crippen LogP contribution in [-0.4, -0.2) is 41.9 Å². The zero-order valence-corrected chi connectivity index (χ0v) is 14.9. The molecule has 1 unspecified atom stereocenters. The Bertz CT molecular complexity index is 648. The fourth-order valence-electron chi connectivity index (χ4n) is 2.12. The van der Waals surface area contributed by atoms with Crippen molar-refractivity contribution in [1.82, 2.24) is 14.5 Å². The molecule has 0 aliphatic carbocycles. The minimum Gasteiger partial charge on any atom is -0.300 e. The number of piperidine rings is 1. The second-order valence-electron chi connectivity index (χ2n) is 6.69. The van der Waals surface area contributed by atoms with Gasteiger partial charge in [-0.25, -0.2) is 8.42 Å². The first-order valence-corrected chi connectivity index (χ1v) is 9.51. The summed E-state index contributed by atoms with van der Waals surface area (Å²) in [5, 5.41) is 10.3. The third kappa shape index (κ3) is 3.82. The second-order valence-corrected chi connectivity index (χ2v) is 9.78. The fourth-order valence-corrected chi connectivity index (χ4v) is 4.76. The average Bonchev–Trinajstić information content (AvgIpc) is 2.87. The molecule has 0 radical (unpaired) electrons. The van der Waals surface area contributed by atoms with E-state index in [1.165, 1.54) is 4.31 Å². The number of nitrogens with one attached hydrogen (secondary N) is 1. The summed E-state index contributed by atoms with van der Waals surface area (Å²) in [6.07, 6.45) is 1.89. The monoisotopic (exact) mass is 346 g/mol. The Morgan fingerprint density at radius 3 is 2.64 bits per heavy atom. The van der Waals surface area contributed by atoms with Gasteiger partial charge in [0.15, 0.2) is 0 Å². The highest BCUT2D eigenvalue weighted by Crippen LogP contribution is 2.28. The number of amides is 1. The van der Waals surface area contributed by atoms with E-state index in [4.69, 9.17) is 0 Å². The molecule has 0 spiro atoms. The SMILES string of the molecule is CC1CCCN(S(=O)(=O)c2nnc(NC(=O)C(C)(C)C)s2)C1. The van der Waals surface area contributed by atoms with Crippen LogP contribution in [0.3, 0.4) is 0 Å². The van der Waals surface area contributed by atoms with Crippen molar-refractivity contribution in [3.63, 3.8) is 0 Å². The van der Waals surface area contributed by atoms with Crippen LogP contribution in [0.4, 0.5) is 5.13 Å². The standard InChI is InChI=1S/C13H22N4O3S2/c1-9-6-5-7-17(8-9)22(19,20)12-16-15-11(21-12)14-10(18)13(2,3)4/h9H,5-8H2,1-4H3,(H,14,15,18). The number of carbonyl (C=O) groups excluding carboxylic acids is 1. The van der Waals surface area contributed by atoms with Crippen molar-refractivity contribution in [2.45, 2.75) is 44.9 Å². The van der Waals surface area contributed by atoms with Crippen LogP contribution >= 0.6 is 11.3 Å². The molecule has 1 amide bonds. The van der Waals surface area contributed by atoms with Gasteiger partial charge in [-0.2, -0.15) is 4.31 Å². The Morgan fingerprint density at radius 2 is 2.05 bits per heavy atom. The molecule has 2 rings (SSSR count). The van der Waals surface area contributed by atoms with Crippen molar-refractivity contribution >= 4 is 32.4 Å². The van der Waals surface area contributed by atoms with Crippen molar-refractivity contribution in [2.75, 3.05) is 18.4 Å². The number of anilines is 1. The van der Waals surface area contributed by atoms with Crippen LogP contribution in [0.5, 0.6) is 0 Å². The Balaban J connectivity index is 2.15. The van der Waals surface area contributed by atoms with Gasteiger partial charge in [-0.15, -0.1) is 10.2 Å². The van der Waals surface area contributed by atoms with Crippen molar-refractivity contribution in [2.24, 2.45) is 11.3 Å². The smallest absolute Gasteiger partial charge is 0.272 e. The lowest BCUT2D eigenvalue weighted by Gasteiger charge is -2.28. The molecular formula is C13H22N4O3S2. The predicted octanol–water partition coefficient (Wildman–Crippen LogP) is 1.94. The first-order valence-electron chi connectivity index (χ1n) is 7.26. The number of sulfonamides is 1. The highest BCUT2D eigenvalue weighted by Gasteiger charge is 2.32. The van der Waals surface area contributed by atoms with Crippen molar-refractivity contribution < 1.29 is 13.2 Å². The van der Waals surface area contributed by atoms with E-state index in [1.54, 1.807) is 20.8 Å². The summed E-state index contributed by atoms with van der Waals surface area (Å²) in [4.78, 5) is 11.9. The molecule has 0 bridgehead atoms. The molecule has 1 N–H and O–H groups in total. The number of hydrogen-bond donors (Lipinski definition) is 1. The second kappa shape index (κ2) is 6.21. The third-order valence-corrected chi connectivity index (χ3v) is 6.54. The Hall–Kier alpha value is -1.06. The first kappa shape index (κ1) is 17.3. The Morgan fingerprint density at radius 1 is 1.36 bits per heavy atom. The van der Waals surface area contributed by atoms with Crippen LogP contribution in [0.15, 0.2) is 4.34 Å². The molecule has 1 aliphatic heterocycles. The van der Waals surface area contributed by atoms with Gasteiger partial charge in [-0.05, 0) is 18.8 Å². The zero-order chi connectivity index (χ0) is 16.5. The predicted molar refractivity (Wildman–Crippen MR) is 85.2 cm³/mol. The van der Waals surface area contributed by atoms with Crippen LogP contribution in [0.1, 0.15) is 40.5 Å². The molecule has 1 aliphatic rings. The maximum Gasteiger partial charge on any atom is 0.272 e. The van der Waals surface area contributed by atoms with Gasteiger partial charge in [-0.3, -0.25) is 4.79 Å².